The summed E-state index contributed by atoms with van der Waals surface area (Å²) >= 11 is 9.12. The summed E-state index contributed by atoms with van der Waals surface area (Å²) in [4.78, 5) is 33.5. The van der Waals surface area contributed by atoms with E-state index in [0.29, 0.717) is 41.1 Å². The summed E-state index contributed by atoms with van der Waals surface area (Å²) in [6.07, 6.45) is 3.83. The van der Waals surface area contributed by atoms with Gasteiger partial charge in [-0.1, -0.05) is 35.4 Å². The van der Waals surface area contributed by atoms with Gasteiger partial charge in [0.25, 0.3) is 0 Å². The first-order chi connectivity index (χ1) is 23.2. The largest absolute Gasteiger partial charge is 0.493 e. The Morgan fingerprint density at radius 3 is 2.71 bits per heavy atom. The van der Waals surface area contributed by atoms with Crippen molar-refractivity contribution < 1.29 is 19.4 Å². The number of ether oxygens (including phenoxy) is 1. The minimum atomic E-state index is -0.919. The molecule has 0 radical (unpaired) electrons. The molecule has 1 amide bonds. The van der Waals surface area contributed by atoms with Crippen molar-refractivity contribution in [3.05, 3.63) is 92.5 Å². The predicted molar refractivity (Wildman–Crippen MR) is 191 cm³/mol. The maximum Gasteiger partial charge on any atom is 0.329 e. The third-order valence-electron chi connectivity index (χ3n) is 8.78. The fourth-order valence-electron chi connectivity index (χ4n) is 6.25. The van der Waals surface area contributed by atoms with Crippen LogP contribution in [0.15, 0.2) is 70.3 Å². The number of aryl methyl sites for hydroxylation is 1. The zero-order chi connectivity index (χ0) is 33.5. The summed E-state index contributed by atoms with van der Waals surface area (Å²) < 4.78 is 9.07. The van der Waals surface area contributed by atoms with Crippen LogP contribution in [0.3, 0.4) is 0 Å². The maximum atomic E-state index is 13.3. The number of nitrogens with one attached hydrogen (secondary N) is 1. The molecule has 0 bridgehead atoms. The molecule has 0 saturated heterocycles. The standard InChI is InChI=1S/C35H33ClN6O4S2/c1-18-13-28-31(19(18)2)25(21-5-7-23(36)8-6-21)14-22(32-41-40-20(3)42(28)32)15-30(43)37-11-4-12-46-24-9-10-26-29(16-24)48-34(38-26)33-39-27(17-47-33)35(44)45/h5-10,14,16,22,27H,4,11-13,15,17H2,1-3H3,(H,37,43)(H,44,45)/t22-,27?/m0/s1. The molecule has 10 nitrogen and oxygen atoms in total. The third kappa shape index (κ3) is 6.31. The van der Waals surface area contributed by atoms with Gasteiger partial charge in [0.1, 0.15) is 27.4 Å². The van der Waals surface area contributed by atoms with Gasteiger partial charge in [-0.3, -0.25) is 14.4 Å². The molecule has 48 heavy (non-hydrogen) atoms. The number of carboxylic acid groups (broad SMARTS) is 1. The highest BCUT2D eigenvalue weighted by Gasteiger charge is 2.33. The van der Waals surface area contributed by atoms with Gasteiger partial charge in [-0.25, -0.2) is 9.78 Å². The molecule has 7 rings (SSSR count). The number of carbonyl (C=O) groups is 2. The number of amides is 1. The van der Waals surface area contributed by atoms with Crippen molar-refractivity contribution in [2.24, 2.45) is 4.99 Å². The SMILES string of the molecule is CC1=C(C)C2=C(C1)n1c(C)nnc1[C@H](CC(=O)NCCCOc1ccc3nc(C4=NC(C(=O)O)CS4)sc3c1)C=C2c1ccc(Cl)cc1. The van der Waals surface area contributed by atoms with Crippen LogP contribution in [-0.4, -0.2) is 66.7 Å². The molecule has 13 heteroatoms. The predicted octanol–water partition coefficient (Wildman–Crippen LogP) is 6.90. The molecule has 0 fully saturated rings. The molecule has 4 heterocycles. The lowest BCUT2D eigenvalue weighted by Crippen LogP contribution is -2.27. The summed E-state index contributed by atoms with van der Waals surface area (Å²) in [6, 6.07) is 12.8. The molecule has 2 N–H and O–H groups in total. The first kappa shape index (κ1) is 32.3. The van der Waals surface area contributed by atoms with E-state index in [9.17, 15) is 14.7 Å². The summed E-state index contributed by atoms with van der Waals surface area (Å²) in [5, 5.41) is 23.3. The Bertz CT molecular complexity index is 2080. The van der Waals surface area contributed by atoms with Crippen molar-refractivity contribution in [2.75, 3.05) is 18.9 Å². The normalized spacial score (nSPS) is 18.8. The number of thiazole rings is 1. The van der Waals surface area contributed by atoms with Crippen LogP contribution in [0, 0.1) is 6.92 Å². The van der Waals surface area contributed by atoms with E-state index in [1.54, 1.807) is 0 Å². The summed E-state index contributed by atoms with van der Waals surface area (Å²) in [5.41, 5.74) is 7.81. The van der Waals surface area contributed by atoms with Gasteiger partial charge in [-0.15, -0.1) is 33.3 Å². The number of aliphatic imine (C=N–C) groups is 1. The Hall–Kier alpha value is -4.26. The zero-order valence-electron chi connectivity index (χ0n) is 26.6. The van der Waals surface area contributed by atoms with E-state index in [1.807, 2.05) is 49.4 Å². The van der Waals surface area contributed by atoms with E-state index >= 15 is 0 Å². The van der Waals surface area contributed by atoms with Crippen molar-refractivity contribution in [3.63, 3.8) is 0 Å². The fraction of sp³-hybridized carbons (Fsp3) is 0.314. The van der Waals surface area contributed by atoms with E-state index in [1.165, 1.54) is 39.8 Å². The number of allylic oxidation sites excluding steroid dienone is 6. The van der Waals surface area contributed by atoms with Gasteiger partial charge in [0.15, 0.2) is 6.04 Å². The Morgan fingerprint density at radius 1 is 1.12 bits per heavy atom. The molecule has 246 valence electrons. The number of fused-ring (bicyclic) bond motifs is 3. The minimum absolute atomic E-state index is 0.0687. The number of carboxylic acids is 1. The molecule has 2 aliphatic heterocycles. The number of aliphatic carboxylic acids is 1. The average molecular weight is 701 g/mol. The van der Waals surface area contributed by atoms with Crippen LogP contribution in [0.25, 0.3) is 21.5 Å². The lowest BCUT2D eigenvalue weighted by atomic mass is 9.90. The monoisotopic (exact) mass is 700 g/mol. The number of rotatable bonds is 10. The molecule has 0 saturated carbocycles. The number of aromatic nitrogens is 4. The number of hydrogen-bond acceptors (Lipinski definition) is 9. The highest BCUT2D eigenvalue weighted by molar-refractivity contribution is 8.15. The van der Waals surface area contributed by atoms with Crippen LogP contribution in [-0.2, 0) is 9.59 Å². The lowest BCUT2D eigenvalue weighted by molar-refractivity contribution is -0.137. The highest BCUT2D eigenvalue weighted by atomic mass is 35.5. The number of carbonyl (C=O) groups excluding carboxylic acids is 1. The maximum absolute atomic E-state index is 13.3. The molecular weight excluding hydrogens is 668 g/mol. The molecule has 4 aromatic rings. The van der Waals surface area contributed by atoms with Crippen molar-refractivity contribution in [1.82, 2.24) is 25.1 Å². The second-order valence-corrected chi connectivity index (χ2v) is 14.5. The molecule has 2 atom stereocenters. The van der Waals surface area contributed by atoms with Crippen LogP contribution >= 0.6 is 34.7 Å². The van der Waals surface area contributed by atoms with Gasteiger partial charge in [-0.05, 0) is 74.2 Å². The van der Waals surface area contributed by atoms with Crippen molar-refractivity contribution in [3.8, 4) is 5.75 Å². The van der Waals surface area contributed by atoms with Crippen LogP contribution in [0.2, 0.25) is 5.02 Å². The van der Waals surface area contributed by atoms with Gasteiger partial charge in [0.05, 0.1) is 16.8 Å². The Balaban J connectivity index is 0.994. The summed E-state index contributed by atoms with van der Waals surface area (Å²) in [6.45, 7) is 7.18. The molecular formula is C35H33ClN6O4S2. The number of hydrogen-bond donors (Lipinski definition) is 2. The van der Waals surface area contributed by atoms with Crippen LogP contribution in [0.1, 0.15) is 61.2 Å². The van der Waals surface area contributed by atoms with E-state index in [2.05, 4.69) is 50.0 Å². The lowest BCUT2D eigenvalue weighted by Gasteiger charge is -2.15. The third-order valence-corrected chi connectivity index (χ3v) is 11.2. The first-order valence-electron chi connectivity index (χ1n) is 15.7. The number of thioether (sulfide) groups is 1. The van der Waals surface area contributed by atoms with Gasteiger partial charge in [0, 0.05) is 47.3 Å². The summed E-state index contributed by atoms with van der Waals surface area (Å²) in [7, 11) is 0. The van der Waals surface area contributed by atoms with Gasteiger partial charge in [-0.2, -0.15) is 0 Å². The number of nitrogens with zero attached hydrogens (tertiary/aromatic N) is 5. The Kier molecular flexibility index (Phi) is 8.97. The van der Waals surface area contributed by atoms with E-state index in [-0.39, 0.29) is 18.2 Å². The van der Waals surface area contributed by atoms with Gasteiger partial charge in [0.2, 0.25) is 5.91 Å². The summed E-state index contributed by atoms with van der Waals surface area (Å²) in [5.74, 6) is 1.45. The van der Waals surface area contributed by atoms with Crippen LogP contribution in [0.5, 0.6) is 5.75 Å². The van der Waals surface area contributed by atoms with Crippen LogP contribution in [0.4, 0.5) is 0 Å². The van der Waals surface area contributed by atoms with Crippen molar-refractivity contribution >= 4 is 73.1 Å². The second kappa shape index (κ2) is 13.3. The first-order valence-corrected chi connectivity index (χ1v) is 17.9. The molecule has 1 aliphatic carbocycles. The van der Waals surface area contributed by atoms with Crippen molar-refractivity contribution in [1.29, 1.82) is 0 Å². The molecule has 0 spiro atoms. The molecule has 1 unspecified atom stereocenters. The number of benzene rings is 2. The number of halogens is 1. The average Bonchev–Trinajstić information content (AvgIpc) is 3.84. The quantitative estimate of drug-likeness (QED) is 0.171. The minimum Gasteiger partial charge on any atom is -0.493 e. The zero-order valence-corrected chi connectivity index (χ0v) is 29.0. The molecule has 3 aliphatic rings. The molecule has 2 aromatic carbocycles. The second-order valence-electron chi connectivity index (χ2n) is 12.0. The van der Waals surface area contributed by atoms with E-state index in [0.717, 1.165) is 50.1 Å². The smallest absolute Gasteiger partial charge is 0.329 e. The topological polar surface area (TPSA) is 132 Å². The van der Waals surface area contributed by atoms with Gasteiger partial charge >= 0.3 is 5.97 Å². The van der Waals surface area contributed by atoms with E-state index in [4.69, 9.17) is 16.3 Å². The Labute approximate surface area is 290 Å². The van der Waals surface area contributed by atoms with Crippen LogP contribution < -0.4 is 10.1 Å². The fourth-order valence-corrected chi connectivity index (χ4v) is 8.46. The molecule has 2 aromatic heterocycles. The highest BCUT2D eigenvalue weighted by Crippen LogP contribution is 2.47. The van der Waals surface area contributed by atoms with Crippen molar-refractivity contribution in [2.45, 2.75) is 52.0 Å². The Morgan fingerprint density at radius 2 is 1.94 bits per heavy atom. The van der Waals surface area contributed by atoms with E-state index < -0.39 is 12.0 Å². The van der Waals surface area contributed by atoms with Gasteiger partial charge < -0.3 is 15.2 Å².